The molecule has 0 bridgehead atoms. The summed E-state index contributed by atoms with van der Waals surface area (Å²) < 4.78 is 5.38. The van der Waals surface area contributed by atoms with E-state index in [1.54, 1.807) is 6.92 Å². The molecule has 1 fully saturated rings. The van der Waals surface area contributed by atoms with Crippen LogP contribution in [0.5, 0.6) is 0 Å². The summed E-state index contributed by atoms with van der Waals surface area (Å²) >= 11 is 0. The van der Waals surface area contributed by atoms with E-state index in [1.165, 1.54) is 0 Å². The Morgan fingerprint density at radius 1 is 1.15 bits per heavy atom. The highest BCUT2D eigenvalue weighted by atomic mass is 16.5. The molecule has 1 aromatic heterocycles. The maximum absolute atomic E-state index is 12.6. The average Bonchev–Trinajstić information content (AvgIpc) is 2.60. The van der Waals surface area contributed by atoms with E-state index in [-0.39, 0.29) is 24.6 Å². The monoisotopic (exact) mass is 354 g/mol. The van der Waals surface area contributed by atoms with Gasteiger partial charge in [0.05, 0.1) is 16.8 Å². The number of aryl methyl sites for hydroxylation is 2. The van der Waals surface area contributed by atoms with Crippen molar-refractivity contribution >= 4 is 22.8 Å². The van der Waals surface area contributed by atoms with Gasteiger partial charge in [-0.3, -0.25) is 9.78 Å². The van der Waals surface area contributed by atoms with Crippen LogP contribution in [0, 0.1) is 13.8 Å². The summed E-state index contributed by atoms with van der Waals surface area (Å²) in [5.74, 6) is -0.606. The standard InChI is InChI=1S/C21H26N2O3/c1-13-8-7-9-14(2)23(13)19(24)12-26-21(25)20-15(3)17-10-5-6-11-18(17)22-16(20)4/h5-6,10-11,13-14H,7-9,12H2,1-4H3/t13-,14-/m1/s1. The minimum atomic E-state index is -0.482. The summed E-state index contributed by atoms with van der Waals surface area (Å²) in [5, 5.41) is 0.926. The molecule has 1 aromatic carbocycles. The van der Waals surface area contributed by atoms with Crippen LogP contribution in [-0.2, 0) is 9.53 Å². The zero-order valence-corrected chi connectivity index (χ0v) is 15.9. The molecule has 26 heavy (non-hydrogen) atoms. The number of hydrogen-bond donors (Lipinski definition) is 0. The number of hydrogen-bond acceptors (Lipinski definition) is 4. The largest absolute Gasteiger partial charge is 0.452 e. The molecule has 1 saturated heterocycles. The van der Waals surface area contributed by atoms with Crippen molar-refractivity contribution in [3.63, 3.8) is 0 Å². The lowest BCUT2D eigenvalue weighted by molar-refractivity contribution is -0.140. The molecule has 0 unspecified atom stereocenters. The highest BCUT2D eigenvalue weighted by Gasteiger charge is 2.29. The molecule has 3 rings (SSSR count). The van der Waals surface area contributed by atoms with E-state index in [0.29, 0.717) is 11.3 Å². The Morgan fingerprint density at radius 3 is 2.50 bits per heavy atom. The van der Waals surface area contributed by atoms with Crippen molar-refractivity contribution in [2.24, 2.45) is 0 Å². The number of pyridine rings is 1. The smallest absolute Gasteiger partial charge is 0.340 e. The van der Waals surface area contributed by atoms with Crippen LogP contribution >= 0.6 is 0 Å². The maximum Gasteiger partial charge on any atom is 0.340 e. The molecular formula is C21H26N2O3. The second-order valence-corrected chi connectivity index (χ2v) is 7.22. The van der Waals surface area contributed by atoms with Crippen LogP contribution in [-0.4, -0.2) is 40.5 Å². The Bertz CT molecular complexity index is 837. The van der Waals surface area contributed by atoms with Crippen LogP contribution in [0.15, 0.2) is 24.3 Å². The van der Waals surface area contributed by atoms with E-state index in [1.807, 2.05) is 36.1 Å². The molecule has 0 aliphatic carbocycles. The number of piperidine rings is 1. The normalized spacial score (nSPS) is 20.2. The molecule has 138 valence electrons. The third-order valence-corrected chi connectivity index (χ3v) is 5.35. The second kappa shape index (κ2) is 7.44. The number of esters is 1. The van der Waals surface area contributed by atoms with Crippen molar-refractivity contribution in [2.45, 2.75) is 59.0 Å². The fourth-order valence-corrected chi connectivity index (χ4v) is 4.02. The van der Waals surface area contributed by atoms with Gasteiger partial charge in [0.1, 0.15) is 0 Å². The van der Waals surface area contributed by atoms with Crippen LogP contribution in [0.2, 0.25) is 0 Å². The molecule has 1 aliphatic rings. The number of benzene rings is 1. The Labute approximate surface area is 154 Å². The van der Waals surface area contributed by atoms with Gasteiger partial charge in [-0.1, -0.05) is 18.2 Å². The third-order valence-electron chi connectivity index (χ3n) is 5.35. The summed E-state index contributed by atoms with van der Waals surface area (Å²) in [6.45, 7) is 7.57. The average molecular weight is 354 g/mol. The molecular weight excluding hydrogens is 328 g/mol. The van der Waals surface area contributed by atoms with Gasteiger partial charge in [-0.05, 0) is 58.6 Å². The van der Waals surface area contributed by atoms with E-state index in [9.17, 15) is 9.59 Å². The molecule has 0 spiro atoms. The number of rotatable bonds is 3. The van der Waals surface area contributed by atoms with E-state index in [4.69, 9.17) is 4.74 Å². The molecule has 5 nitrogen and oxygen atoms in total. The van der Waals surface area contributed by atoms with E-state index < -0.39 is 5.97 Å². The van der Waals surface area contributed by atoms with Crippen molar-refractivity contribution in [1.82, 2.24) is 9.88 Å². The SMILES string of the molecule is Cc1nc2ccccc2c(C)c1C(=O)OCC(=O)N1[C@H](C)CCC[C@H]1C. The van der Waals surface area contributed by atoms with Gasteiger partial charge in [0.25, 0.3) is 5.91 Å². The predicted octanol–water partition coefficient (Wildman–Crippen LogP) is 3.80. The van der Waals surface area contributed by atoms with Gasteiger partial charge >= 0.3 is 5.97 Å². The van der Waals surface area contributed by atoms with Gasteiger partial charge in [-0.15, -0.1) is 0 Å². The van der Waals surface area contributed by atoms with Crippen molar-refractivity contribution in [2.75, 3.05) is 6.61 Å². The summed E-state index contributed by atoms with van der Waals surface area (Å²) in [4.78, 5) is 31.6. The third kappa shape index (κ3) is 3.43. The Hall–Kier alpha value is -2.43. The number of ether oxygens (including phenoxy) is 1. The van der Waals surface area contributed by atoms with Gasteiger partial charge in [0.2, 0.25) is 0 Å². The van der Waals surface area contributed by atoms with Gasteiger partial charge < -0.3 is 9.64 Å². The number of likely N-dealkylation sites (tertiary alicyclic amines) is 1. The highest BCUT2D eigenvalue weighted by molar-refractivity contribution is 5.99. The molecule has 1 aliphatic heterocycles. The maximum atomic E-state index is 12.6. The lowest BCUT2D eigenvalue weighted by Crippen LogP contribution is -2.49. The molecule has 0 radical (unpaired) electrons. The number of aromatic nitrogens is 1. The minimum Gasteiger partial charge on any atom is -0.452 e. The van der Waals surface area contributed by atoms with E-state index >= 15 is 0 Å². The fraction of sp³-hybridized carbons (Fsp3) is 0.476. The molecule has 0 N–H and O–H groups in total. The van der Waals surface area contributed by atoms with Gasteiger partial charge in [-0.25, -0.2) is 4.79 Å². The Kier molecular flexibility index (Phi) is 5.25. The zero-order chi connectivity index (χ0) is 18.8. The van der Waals surface area contributed by atoms with Crippen molar-refractivity contribution in [1.29, 1.82) is 0 Å². The first-order chi connectivity index (χ1) is 12.4. The van der Waals surface area contributed by atoms with Crippen molar-refractivity contribution in [3.05, 3.63) is 41.1 Å². The Balaban J connectivity index is 1.76. The summed E-state index contributed by atoms with van der Waals surface area (Å²) in [6.07, 6.45) is 3.13. The van der Waals surface area contributed by atoms with E-state index in [2.05, 4.69) is 18.8 Å². The first-order valence-electron chi connectivity index (χ1n) is 9.24. The molecule has 0 saturated carbocycles. The summed E-state index contributed by atoms with van der Waals surface area (Å²) in [7, 11) is 0. The molecule has 2 atom stereocenters. The topological polar surface area (TPSA) is 59.5 Å². The first-order valence-corrected chi connectivity index (χ1v) is 9.24. The Morgan fingerprint density at radius 2 is 1.81 bits per heavy atom. The van der Waals surface area contributed by atoms with Crippen molar-refractivity contribution < 1.29 is 14.3 Å². The van der Waals surface area contributed by atoms with Crippen LogP contribution < -0.4 is 0 Å². The lowest BCUT2D eigenvalue weighted by Gasteiger charge is -2.38. The van der Waals surface area contributed by atoms with Crippen LogP contribution in [0.1, 0.15) is 54.7 Å². The minimum absolute atomic E-state index is 0.123. The first kappa shape index (κ1) is 18.4. The van der Waals surface area contributed by atoms with E-state index in [0.717, 1.165) is 35.7 Å². The molecule has 5 heteroatoms. The number of carbonyl (C=O) groups is 2. The number of amides is 1. The predicted molar refractivity (Wildman–Crippen MR) is 101 cm³/mol. The second-order valence-electron chi connectivity index (χ2n) is 7.22. The van der Waals surface area contributed by atoms with Crippen LogP contribution in [0.3, 0.4) is 0 Å². The van der Waals surface area contributed by atoms with Gasteiger partial charge in [0, 0.05) is 17.5 Å². The lowest BCUT2D eigenvalue weighted by atomic mass is 9.97. The summed E-state index contributed by atoms with van der Waals surface area (Å²) in [5.41, 5.74) is 2.77. The number of nitrogens with zero attached hydrogens (tertiary/aromatic N) is 2. The highest BCUT2D eigenvalue weighted by Crippen LogP contribution is 2.24. The zero-order valence-electron chi connectivity index (χ0n) is 15.9. The number of para-hydroxylation sites is 1. The van der Waals surface area contributed by atoms with Crippen LogP contribution in [0.25, 0.3) is 10.9 Å². The summed E-state index contributed by atoms with van der Waals surface area (Å²) in [6, 6.07) is 8.09. The fourth-order valence-electron chi connectivity index (χ4n) is 4.02. The van der Waals surface area contributed by atoms with Gasteiger partial charge in [0.15, 0.2) is 6.61 Å². The molecule has 2 aromatic rings. The van der Waals surface area contributed by atoms with Crippen molar-refractivity contribution in [3.8, 4) is 0 Å². The van der Waals surface area contributed by atoms with Crippen LogP contribution in [0.4, 0.5) is 0 Å². The quantitative estimate of drug-likeness (QED) is 0.787. The molecule has 1 amide bonds. The number of fused-ring (bicyclic) bond motifs is 1. The number of carbonyl (C=O) groups excluding carboxylic acids is 2. The molecule has 2 heterocycles. The van der Waals surface area contributed by atoms with Gasteiger partial charge in [-0.2, -0.15) is 0 Å².